The summed E-state index contributed by atoms with van der Waals surface area (Å²) in [5, 5.41) is 3.75. The minimum absolute atomic E-state index is 0.242. The molecule has 0 aliphatic heterocycles. The maximum absolute atomic E-state index is 13.4. The molecular formula is C11H12FN3O2. The van der Waals surface area contributed by atoms with E-state index in [0.29, 0.717) is 5.52 Å². The Balaban J connectivity index is 2.46. The summed E-state index contributed by atoms with van der Waals surface area (Å²) < 4.78 is 19.4. The minimum atomic E-state index is -0.723. The van der Waals surface area contributed by atoms with Crippen LogP contribution in [0, 0.1) is 5.95 Å². The van der Waals surface area contributed by atoms with Gasteiger partial charge in [-0.2, -0.15) is 9.07 Å². The Hall–Kier alpha value is -1.98. The standard InChI is InChI=1S/C11H12FN3O2/c1-11(2,3)17-10(16)15-8-6-13-5-4-7(8)9(12)14-15/h4-6H,1-3H3. The van der Waals surface area contributed by atoms with Crippen molar-refractivity contribution in [2.45, 2.75) is 26.4 Å². The van der Waals surface area contributed by atoms with E-state index in [1.54, 1.807) is 20.8 Å². The number of fused-ring (bicyclic) bond motifs is 1. The van der Waals surface area contributed by atoms with Crippen molar-refractivity contribution in [3.8, 4) is 0 Å². The molecule has 5 nitrogen and oxygen atoms in total. The number of pyridine rings is 1. The van der Waals surface area contributed by atoms with E-state index in [-0.39, 0.29) is 5.39 Å². The van der Waals surface area contributed by atoms with E-state index in [2.05, 4.69) is 10.1 Å². The van der Waals surface area contributed by atoms with Crippen molar-refractivity contribution in [2.24, 2.45) is 0 Å². The molecule has 0 fully saturated rings. The van der Waals surface area contributed by atoms with Crippen LogP contribution in [0.2, 0.25) is 0 Å². The van der Waals surface area contributed by atoms with Crippen molar-refractivity contribution < 1.29 is 13.9 Å². The summed E-state index contributed by atoms with van der Waals surface area (Å²) in [5.41, 5.74) is -0.368. The van der Waals surface area contributed by atoms with Crippen LogP contribution in [0.3, 0.4) is 0 Å². The van der Waals surface area contributed by atoms with Gasteiger partial charge >= 0.3 is 6.09 Å². The topological polar surface area (TPSA) is 57.0 Å². The third-order valence-electron chi connectivity index (χ3n) is 2.00. The Morgan fingerprint density at radius 1 is 1.47 bits per heavy atom. The summed E-state index contributed by atoms with van der Waals surface area (Å²) in [7, 11) is 0. The summed E-state index contributed by atoms with van der Waals surface area (Å²) in [6.07, 6.45) is 2.08. The van der Waals surface area contributed by atoms with Gasteiger partial charge in [0.25, 0.3) is 0 Å². The van der Waals surface area contributed by atoms with Gasteiger partial charge in [-0.05, 0) is 26.8 Å². The average molecular weight is 237 g/mol. The molecule has 0 radical (unpaired) electrons. The smallest absolute Gasteiger partial charge is 0.435 e. The molecule has 0 aliphatic carbocycles. The third kappa shape index (κ3) is 2.25. The van der Waals surface area contributed by atoms with E-state index in [1.165, 1.54) is 18.5 Å². The van der Waals surface area contributed by atoms with Gasteiger partial charge in [-0.15, -0.1) is 5.10 Å². The molecule has 6 heteroatoms. The van der Waals surface area contributed by atoms with Crippen LogP contribution < -0.4 is 0 Å². The van der Waals surface area contributed by atoms with E-state index in [1.807, 2.05) is 0 Å². The maximum Gasteiger partial charge on any atom is 0.435 e. The van der Waals surface area contributed by atoms with E-state index in [0.717, 1.165) is 4.68 Å². The van der Waals surface area contributed by atoms with Gasteiger partial charge in [0.15, 0.2) is 0 Å². The fraction of sp³-hybridized carbons (Fsp3) is 0.364. The molecule has 0 amide bonds. The van der Waals surface area contributed by atoms with Crippen molar-refractivity contribution in [1.29, 1.82) is 0 Å². The zero-order chi connectivity index (χ0) is 12.6. The number of carbonyl (C=O) groups is 1. The second kappa shape index (κ2) is 3.80. The van der Waals surface area contributed by atoms with Crippen LogP contribution in [-0.2, 0) is 4.74 Å². The first-order valence-electron chi connectivity index (χ1n) is 5.10. The molecule has 0 aliphatic rings. The van der Waals surface area contributed by atoms with Crippen molar-refractivity contribution >= 4 is 17.0 Å². The lowest BCUT2D eigenvalue weighted by atomic mass is 10.2. The Kier molecular flexibility index (Phi) is 2.57. The Morgan fingerprint density at radius 2 is 2.18 bits per heavy atom. The second-order valence-corrected chi connectivity index (χ2v) is 4.58. The zero-order valence-corrected chi connectivity index (χ0v) is 9.77. The molecule has 2 aromatic rings. The number of halogens is 1. The molecule has 2 heterocycles. The van der Waals surface area contributed by atoms with Gasteiger partial charge in [0.05, 0.1) is 11.6 Å². The number of carbonyl (C=O) groups excluding carboxylic acids is 1. The summed E-state index contributed by atoms with van der Waals surface area (Å²) in [4.78, 5) is 15.6. The lowest BCUT2D eigenvalue weighted by Crippen LogP contribution is -2.27. The van der Waals surface area contributed by atoms with Gasteiger partial charge < -0.3 is 4.74 Å². The van der Waals surface area contributed by atoms with Gasteiger partial charge in [-0.25, -0.2) is 4.79 Å². The highest BCUT2D eigenvalue weighted by Crippen LogP contribution is 2.17. The van der Waals surface area contributed by atoms with E-state index >= 15 is 0 Å². The van der Waals surface area contributed by atoms with Gasteiger partial charge in [0.2, 0.25) is 5.95 Å². The molecule has 0 atom stereocenters. The number of rotatable bonds is 0. The number of nitrogens with zero attached hydrogens (tertiary/aromatic N) is 3. The highest BCUT2D eigenvalue weighted by molar-refractivity contribution is 5.87. The maximum atomic E-state index is 13.4. The first-order chi connectivity index (χ1) is 7.88. The highest BCUT2D eigenvalue weighted by atomic mass is 19.1. The minimum Gasteiger partial charge on any atom is -0.442 e. The molecule has 0 saturated carbocycles. The predicted octanol–water partition coefficient (Wildman–Crippen LogP) is 2.35. The monoisotopic (exact) mass is 237 g/mol. The molecule has 0 aromatic carbocycles. The molecule has 2 aromatic heterocycles. The van der Waals surface area contributed by atoms with Crippen molar-refractivity contribution in [3.05, 3.63) is 24.4 Å². The molecule has 0 saturated heterocycles. The summed E-state index contributed by atoms with van der Waals surface area (Å²) in [6, 6.07) is 1.46. The molecular weight excluding hydrogens is 225 g/mol. The average Bonchev–Trinajstić information content (AvgIpc) is 2.55. The predicted molar refractivity (Wildman–Crippen MR) is 59.1 cm³/mol. The molecule has 0 unspecified atom stereocenters. The first-order valence-corrected chi connectivity index (χ1v) is 5.10. The molecule has 0 spiro atoms. The van der Waals surface area contributed by atoms with Crippen molar-refractivity contribution in [3.63, 3.8) is 0 Å². The van der Waals surface area contributed by atoms with E-state index in [4.69, 9.17) is 4.74 Å². The van der Waals surface area contributed by atoms with Crippen LogP contribution in [0.25, 0.3) is 10.9 Å². The fourth-order valence-corrected chi connectivity index (χ4v) is 1.37. The molecule has 0 bridgehead atoms. The van der Waals surface area contributed by atoms with Crippen LogP contribution in [-0.4, -0.2) is 26.5 Å². The van der Waals surface area contributed by atoms with Crippen LogP contribution in [0.15, 0.2) is 18.5 Å². The van der Waals surface area contributed by atoms with Crippen LogP contribution in [0.4, 0.5) is 9.18 Å². The molecule has 2 rings (SSSR count). The molecule has 17 heavy (non-hydrogen) atoms. The summed E-state index contributed by atoms with van der Waals surface area (Å²) in [5.74, 6) is -0.715. The van der Waals surface area contributed by atoms with Crippen LogP contribution in [0.1, 0.15) is 20.8 Å². The Labute approximate surface area is 97.2 Å². The lowest BCUT2D eigenvalue weighted by Gasteiger charge is -2.18. The quantitative estimate of drug-likeness (QED) is 0.705. The number of hydrogen-bond acceptors (Lipinski definition) is 4. The van der Waals surface area contributed by atoms with Crippen molar-refractivity contribution in [2.75, 3.05) is 0 Å². The van der Waals surface area contributed by atoms with Gasteiger partial charge in [0.1, 0.15) is 11.1 Å². The van der Waals surface area contributed by atoms with E-state index < -0.39 is 17.6 Å². The molecule has 90 valence electrons. The number of aromatic nitrogens is 3. The Bertz CT molecular complexity index is 572. The normalized spacial score (nSPS) is 11.8. The third-order valence-corrected chi connectivity index (χ3v) is 2.00. The SMILES string of the molecule is CC(C)(C)OC(=O)n1nc(F)c2ccncc21. The van der Waals surface area contributed by atoms with Gasteiger partial charge in [-0.1, -0.05) is 0 Å². The van der Waals surface area contributed by atoms with Crippen LogP contribution >= 0.6 is 0 Å². The van der Waals surface area contributed by atoms with Gasteiger partial charge in [-0.3, -0.25) is 4.98 Å². The van der Waals surface area contributed by atoms with Crippen LogP contribution in [0.5, 0.6) is 0 Å². The first kappa shape index (κ1) is 11.5. The molecule has 0 N–H and O–H groups in total. The lowest BCUT2D eigenvalue weighted by molar-refractivity contribution is 0.0519. The number of ether oxygens (including phenoxy) is 1. The van der Waals surface area contributed by atoms with E-state index in [9.17, 15) is 9.18 Å². The van der Waals surface area contributed by atoms with Crippen molar-refractivity contribution in [1.82, 2.24) is 14.8 Å². The zero-order valence-electron chi connectivity index (χ0n) is 9.77. The number of hydrogen-bond donors (Lipinski definition) is 0. The van der Waals surface area contributed by atoms with Gasteiger partial charge in [0, 0.05) is 6.20 Å². The fourth-order valence-electron chi connectivity index (χ4n) is 1.37. The Morgan fingerprint density at radius 3 is 2.82 bits per heavy atom. The second-order valence-electron chi connectivity index (χ2n) is 4.58. The highest BCUT2D eigenvalue weighted by Gasteiger charge is 2.21. The summed E-state index contributed by atoms with van der Waals surface area (Å²) in [6.45, 7) is 5.18. The largest absolute Gasteiger partial charge is 0.442 e. The summed E-state index contributed by atoms with van der Waals surface area (Å²) >= 11 is 0.